The monoisotopic (exact) mass is 239 g/mol. The van der Waals surface area contributed by atoms with Crippen LogP contribution >= 0.6 is 12.2 Å². The zero-order valence-electron chi connectivity index (χ0n) is 9.19. The van der Waals surface area contributed by atoms with Crippen LogP contribution in [0.3, 0.4) is 0 Å². The van der Waals surface area contributed by atoms with Crippen molar-refractivity contribution in [1.29, 1.82) is 0 Å². The van der Waals surface area contributed by atoms with Gasteiger partial charge in [0.15, 0.2) is 0 Å². The van der Waals surface area contributed by atoms with Gasteiger partial charge < -0.3 is 15.6 Å². The summed E-state index contributed by atoms with van der Waals surface area (Å²) in [6.07, 6.45) is 2.78. The molecule has 3 N–H and O–H groups in total. The van der Waals surface area contributed by atoms with E-state index in [2.05, 4.69) is 0 Å². The number of benzene rings is 1. The zero-order valence-corrected chi connectivity index (χ0v) is 10.0. The number of rotatable bonds is 7. The standard InChI is InChI=1S/C12H17NO2S/c13-12(16)10-4-6-11(7-5-10)15-9-3-1-2-8-14/h4-7,14H,1-3,8-9H2,(H2,13,16). The molecule has 0 aromatic heterocycles. The van der Waals surface area contributed by atoms with Gasteiger partial charge in [-0.2, -0.15) is 0 Å². The molecule has 0 bridgehead atoms. The second kappa shape index (κ2) is 7.19. The topological polar surface area (TPSA) is 55.5 Å². The number of aliphatic hydroxyl groups is 1. The van der Waals surface area contributed by atoms with Crippen molar-refractivity contribution in [3.8, 4) is 5.75 Å². The van der Waals surface area contributed by atoms with Crippen LogP contribution in [0.2, 0.25) is 0 Å². The minimum atomic E-state index is 0.253. The van der Waals surface area contributed by atoms with Crippen molar-refractivity contribution < 1.29 is 9.84 Å². The van der Waals surface area contributed by atoms with Crippen LogP contribution in [0.15, 0.2) is 24.3 Å². The van der Waals surface area contributed by atoms with Crippen molar-refractivity contribution in [3.63, 3.8) is 0 Å². The number of hydrogen-bond acceptors (Lipinski definition) is 3. The van der Waals surface area contributed by atoms with Gasteiger partial charge in [0.1, 0.15) is 10.7 Å². The molecule has 0 atom stereocenters. The van der Waals surface area contributed by atoms with Crippen LogP contribution in [0.5, 0.6) is 5.75 Å². The van der Waals surface area contributed by atoms with E-state index in [0.717, 1.165) is 30.6 Å². The lowest BCUT2D eigenvalue weighted by molar-refractivity contribution is 0.266. The zero-order chi connectivity index (χ0) is 11.8. The molecule has 0 aliphatic carbocycles. The Morgan fingerprint density at radius 2 is 1.88 bits per heavy atom. The Kier molecular flexibility index (Phi) is 5.82. The molecule has 0 spiro atoms. The van der Waals surface area contributed by atoms with Gasteiger partial charge in [0.2, 0.25) is 0 Å². The quantitative estimate of drug-likeness (QED) is 0.563. The van der Waals surface area contributed by atoms with E-state index in [0.29, 0.717) is 11.6 Å². The maximum atomic E-state index is 8.60. The van der Waals surface area contributed by atoms with Gasteiger partial charge in [0.25, 0.3) is 0 Å². The van der Waals surface area contributed by atoms with E-state index in [1.807, 2.05) is 24.3 Å². The number of hydrogen-bond donors (Lipinski definition) is 2. The van der Waals surface area contributed by atoms with Crippen LogP contribution < -0.4 is 10.5 Å². The maximum Gasteiger partial charge on any atom is 0.119 e. The fraction of sp³-hybridized carbons (Fsp3) is 0.417. The van der Waals surface area contributed by atoms with E-state index in [1.54, 1.807) is 0 Å². The third-order valence-corrected chi connectivity index (χ3v) is 2.45. The highest BCUT2D eigenvalue weighted by molar-refractivity contribution is 7.80. The molecule has 1 aromatic carbocycles. The lowest BCUT2D eigenvalue weighted by atomic mass is 10.2. The van der Waals surface area contributed by atoms with Crippen LogP contribution in [-0.4, -0.2) is 23.3 Å². The summed E-state index contributed by atoms with van der Waals surface area (Å²) in [5.74, 6) is 0.823. The first-order valence-electron chi connectivity index (χ1n) is 5.37. The van der Waals surface area contributed by atoms with E-state index in [9.17, 15) is 0 Å². The van der Waals surface area contributed by atoms with Gasteiger partial charge in [-0.05, 0) is 43.5 Å². The average Bonchev–Trinajstić information content (AvgIpc) is 2.29. The van der Waals surface area contributed by atoms with Crippen molar-refractivity contribution >= 4 is 17.2 Å². The highest BCUT2D eigenvalue weighted by Gasteiger charge is 1.97. The Labute approximate surface area is 101 Å². The molecule has 4 heteroatoms. The second-order valence-corrected chi connectivity index (χ2v) is 3.96. The summed E-state index contributed by atoms with van der Waals surface area (Å²) in [5.41, 5.74) is 6.34. The predicted octanol–water partition coefficient (Wildman–Crippen LogP) is 1.86. The fourth-order valence-corrected chi connectivity index (χ4v) is 1.43. The number of ether oxygens (including phenoxy) is 1. The largest absolute Gasteiger partial charge is 0.494 e. The van der Waals surface area contributed by atoms with Crippen LogP contribution in [0.4, 0.5) is 0 Å². The Morgan fingerprint density at radius 1 is 1.19 bits per heavy atom. The summed E-state index contributed by atoms with van der Waals surface area (Å²) in [4.78, 5) is 0.398. The summed E-state index contributed by atoms with van der Waals surface area (Å²) >= 11 is 4.85. The molecule has 0 aliphatic rings. The fourth-order valence-electron chi connectivity index (χ4n) is 1.30. The smallest absolute Gasteiger partial charge is 0.119 e. The SMILES string of the molecule is NC(=S)c1ccc(OCCCCCO)cc1. The minimum absolute atomic E-state index is 0.253. The van der Waals surface area contributed by atoms with Gasteiger partial charge in [-0.15, -0.1) is 0 Å². The van der Waals surface area contributed by atoms with E-state index in [-0.39, 0.29) is 6.61 Å². The van der Waals surface area contributed by atoms with Gasteiger partial charge in [0, 0.05) is 12.2 Å². The molecule has 16 heavy (non-hydrogen) atoms. The van der Waals surface area contributed by atoms with Crippen molar-refractivity contribution in [1.82, 2.24) is 0 Å². The lowest BCUT2D eigenvalue weighted by Crippen LogP contribution is -2.08. The lowest BCUT2D eigenvalue weighted by Gasteiger charge is -2.06. The molecule has 3 nitrogen and oxygen atoms in total. The molecule has 0 amide bonds. The number of thiocarbonyl (C=S) groups is 1. The molecular formula is C12H17NO2S. The molecule has 0 heterocycles. The molecule has 88 valence electrons. The molecule has 0 saturated heterocycles. The highest BCUT2D eigenvalue weighted by Crippen LogP contribution is 2.12. The number of nitrogens with two attached hydrogens (primary N) is 1. The highest BCUT2D eigenvalue weighted by atomic mass is 32.1. The van der Waals surface area contributed by atoms with Gasteiger partial charge in [-0.1, -0.05) is 12.2 Å². The molecule has 1 rings (SSSR count). The van der Waals surface area contributed by atoms with Gasteiger partial charge in [-0.3, -0.25) is 0 Å². The summed E-state index contributed by atoms with van der Waals surface area (Å²) in [6.45, 7) is 0.926. The van der Waals surface area contributed by atoms with E-state index < -0.39 is 0 Å². The van der Waals surface area contributed by atoms with Crippen molar-refractivity contribution in [3.05, 3.63) is 29.8 Å². The van der Waals surface area contributed by atoms with Crippen molar-refractivity contribution in [2.24, 2.45) is 5.73 Å². The molecule has 0 fully saturated rings. The Bertz CT molecular complexity index is 324. The molecule has 0 radical (unpaired) electrons. The van der Waals surface area contributed by atoms with Gasteiger partial charge >= 0.3 is 0 Å². The van der Waals surface area contributed by atoms with Gasteiger partial charge in [-0.25, -0.2) is 0 Å². The number of aliphatic hydroxyl groups excluding tert-OH is 1. The average molecular weight is 239 g/mol. The Hall–Kier alpha value is -1.13. The van der Waals surface area contributed by atoms with Crippen LogP contribution in [0.25, 0.3) is 0 Å². The summed E-state index contributed by atoms with van der Waals surface area (Å²) in [5, 5.41) is 8.60. The normalized spacial score (nSPS) is 10.1. The van der Waals surface area contributed by atoms with Crippen LogP contribution in [0.1, 0.15) is 24.8 Å². The molecule has 1 aromatic rings. The Morgan fingerprint density at radius 3 is 2.44 bits per heavy atom. The third kappa shape index (κ3) is 4.59. The first-order valence-corrected chi connectivity index (χ1v) is 5.78. The predicted molar refractivity (Wildman–Crippen MR) is 68.8 cm³/mol. The van der Waals surface area contributed by atoms with E-state index in [1.165, 1.54) is 0 Å². The molecule has 0 unspecified atom stereocenters. The Balaban J connectivity index is 2.29. The van der Waals surface area contributed by atoms with Crippen LogP contribution in [0, 0.1) is 0 Å². The molecule has 0 saturated carbocycles. The number of unbranched alkanes of at least 4 members (excludes halogenated alkanes) is 2. The first-order chi connectivity index (χ1) is 7.74. The van der Waals surface area contributed by atoms with Gasteiger partial charge in [0.05, 0.1) is 6.61 Å². The second-order valence-electron chi connectivity index (χ2n) is 3.52. The summed E-state index contributed by atoms with van der Waals surface area (Å²) in [7, 11) is 0. The molecule has 0 aliphatic heterocycles. The summed E-state index contributed by atoms with van der Waals surface area (Å²) in [6, 6.07) is 7.43. The maximum absolute atomic E-state index is 8.60. The summed E-state index contributed by atoms with van der Waals surface area (Å²) < 4.78 is 5.52. The third-order valence-electron chi connectivity index (χ3n) is 2.21. The van der Waals surface area contributed by atoms with Crippen LogP contribution in [-0.2, 0) is 0 Å². The molecular weight excluding hydrogens is 222 g/mol. The van der Waals surface area contributed by atoms with E-state index >= 15 is 0 Å². The first kappa shape index (κ1) is 12.9. The van der Waals surface area contributed by atoms with Crippen molar-refractivity contribution in [2.45, 2.75) is 19.3 Å². The van der Waals surface area contributed by atoms with Crippen molar-refractivity contribution in [2.75, 3.05) is 13.2 Å². The van der Waals surface area contributed by atoms with E-state index in [4.69, 9.17) is 27.8 Å². The minimum Gasteiger partial charge on any atom is -0.494 e.